The zero-order chi connectivity index (χ0) is 9.26. The van der Waals surface area contributed by atoms with E-state index in [1.54, 1.807) is 6.20 Å². The molecule has 4 heteroatoms. The summed E-state index contributed by atoms with van der Waals surface area (Å²) in [4.78, 5) is 4.22. The summed E-state index contributed by atoms with van der Waals surface area (Å²) in [6.07, 6.45) is 3.61. The molecule has 0 bridgehead atoms. The minimum absolute atomic E-state index is 0.864. The van der Waals surface area contributed by atoms with Crippen LogP contribution in [0.3, 0.4) is 0 Å². The van der Waals surface area contributed by atoms with E-state index in [-0.39, 0.29) is 0 Å². The zero-order valence-electron chi connectivity index (χ0n) is 7.11. The summed E-state index contributed by atoms with van der Waals surface area (Å²) in [5.74, 6) is 0.864. The van der Waals surface area contributed by atoms with Crippen LogP contribution in [-0.2, 0) is 0 Å². The van der Waals surface area contributed by atoms with Gasteiger partial charge in [0.25, 0.3) is 0 Å². The molecule has 0 aliphatic rings. The summed E-state index contributed by atoms with van der Waals surface area (Å²) in [6, 6.07) is 5.79. The molecule has 13 heavy (non-hydrogen) atoms. The van der Waals surface area contributed by atoms with Crippen molar-refractivity contribution in [2.24, 2.45) is 0 Å². The molecule has 0 atom stereocenters. The second-order valence-corrected chi connectivity index (χ2v) is 3.84. The Labute approximate surface area is 89.9 Å². The smallest absolute Gasteiger partial charge is 0.153 e. The van der Waals surface area contributed by atoms with Crippen molar-refractivity contribution in [2.45, 2.75) is 6.92 Å². The third-order valence-corrected chi connectivity index (χ3v) is 2.88. The molecule has 0 N–H and O–H groups in total. The van der Waals surface area contributed by atoms with E-state index in [9.17, 15) is 0 Å². The highest BCUT2D eigenvalue weighted by Gasteiger charge is 2.04. The van der Waals surface area contributed by atoms with Gasteiger partial charge in [-0.25, -0.2) is 9.67 Å². The summed E-state index contributed by atoms with van der Waals surface area (Å²) < 4.78 is 2.99. The van der Waals surface area contributed by atoms with E-state index in [0.29, 0.717) is 0 Å². The number of hydrogen-bond acceptors (Lipinski definition) is 2. The van der Waals surface area contributed by atoms with Gasteiger partial charge in [0.15, 0.2) is 5.82 Å². The average molecular weight is 285 g/mol. The van der Waals surface area contributed by atoms with Crippen molar-refractivity contribution >= 4 is 22.6 Å². The molecule has 2 heterocycles. The van der Waals surface area contributed by atoms with Gasteiger partial charge in [-0.15, -0.1) is 0 Å². The van der Waals surface area contributed by atoms with E-state index in [1.807, 2.05) is 36.0 Å². The Bertz CT molecular complexity index is 408. The van der Waals surface area contributed by atoms with Crippen molar-refractivity contribution < 1.29 is 0 Å². The number of pyridine rings is 1. The number of nitrogens with zero attached hydrogens (tertiary/aromatic N) is 3. The van der Waals surface area contributed by atoms with E-state index < -0.39 is 0 Å². The van der Waals surface area contributed by atoms with Crippen LogP contribution in [0.25, 0.3) is 5.82 Å². The summed E-state index contributed by atoms with van der Waals surface area (Å²) in [6.45, 7) is 2.03. The van der Waals surface area contributed by atoms with Crippen LogP contribution in [0.1, 0.15) is 5.69 Å². The van der Waals surface area contributed by atoms with Gasteiger partial charge in [-0.1, -0.05) is 6.07 Å². The Hall–Kier alpha value is -0.910. The first-order chi connectivity index (χ1) is 6.29. The standard InChI is InChI=1S/C9H8IN3/c1-7-8(10)6-12-13(7)9-4-2-3-5-11-9/h2-6H,1H3. The molecule has 0 saturated carbocycles. The van der Waals surface area contributed by atoms with Gasteiger partial charge in [0.2, 0.25) is 0 Å². The first-order valence-corrected chi connectivity index (χ1v) is 4.98. The Balaban J connectivity index is 2.53. The van der Waals surface area contributed by atoms with Crippen LogP contribution in [-0.4, -0.2) is 14.8 Å². The van der Waals surface area contributed by atoms with Crippen molar-refractivity contribution in [3.05, 3.63) is 39.9 Å². The maximum atomic E-state index is 4.23. The second-order valence-electron chi connectivity index (χ2n) is 2.68. The maximum absolute atomic E-state index is 4.23. The number of hydrogen-bond donors (Lipinski definition) is 0. The van der Waals surface area contributed by atoms with Crippen LogP contribution < -0.4 is 0 Å². The third kappa shape index (κ3) is 1.58. The van der Waals surface area contributed by atoms with Gasteiger partial charge >= 0.3 is 0 Å². The van der Waals surface area contributed by atoms with Gasteiger partial charge < -0.3 is 0 Å². The topological polar surface area (TPSA) is 30.7 Å². The van der Waals surface area contributed by atoms with Crippen molar-refractivity contribution in [2.75, 3.05) is 0 Å². The van der Waals surface area contributed by atoms with E-state index in [0.717, 1.165) is 15.1 Å². The normalized spacial score (nSPS) is 10.3. The van der Waals surface area contributed by atoms with Crippen LogP contribution in [0.2, 0.25) is 0 Å². The lowest BCUT2D eigenvalue weighted by atomic mass is 10.4. The number of aromatic nitrogens is 3. The van der Waals surface area contributed by atoms with Crippen molar-refractivity contribution in [1.29, 1.82) is 0 Å². The van der Waals surface area contributed by atoms with Crippen molar-refractivity contribution in [1.82, 2.24) is 14.8 Å². The van der Waals surface area contributed by atoms with Crippen LogP contribution in [0.15, 0.2) is 30.6 Å². The van der Waals surface area contributed by atoms with Gasteiger partial charge in [0.05, 0.1) is 15.5 Å². The van der Waals surface area contributed by atoms with Crippen LogP contribution in [0.4, 0.5) is 0 Å². The zero-order valence-corrected chi connectivity index (χ0v) is 9.26. The molecule has 0 saturated heterocycles. The first-order valence-electron chi connectivity index (χ1n) is 3.90. The van der Waals surface area contributed by atoms with Gasteiger partial charge in [-0.3, -0.25) is 0 Å². The summed E-state index contributed by atoms with van der Waals surface area (Å²) in [5, 5.41) is 4.23. The largest absolute Gasteiger partial charge is 0.237 e. The average Bonchev–Trinajstić information content (AvgIpc) is 2.49. The van der Waals surface area contributed by atoms with E-state index in [2.05, 4.69) is 32.7 Å². The van der Waals surface area contributed by atoms with Crippen LogP contribution >= 0.6 is 22.6 Å². The Morgan fingerprint density at radius 2 is 2.23 bits per heavy atom. The lowest BCUT2D eigenvalue weighted by Gasteiger charge is -2.01. The molecular formula is C9H8IN3. The molecule has 2 rings (SSSR count). The maximum Gasteiger partial charge on any atom is 0.153 e. The molecule has 2 aromatic rings. The summed E-state index contributed by atoms with van der Waals surface area (Å²) in [5.41, 5.74) is 1.12. The highest BCUT2D eigenvalue weighted by molar-refractivity contribution is 14.1. The Morgan fingerprint density at radius 1 is 1.38 bits per heavy atom. The highest BCUT2D eigenvalue weighted by Crippen LogP contribution is 2.13. The molecule has 66 valence electrons. The molecule has 2 aromatic heterocycles. The minimum atomic E-state index is 0.864. The third-order valence-electron chi connectivity index (χ3n) is 1.82. The predicted octanol–water partition coefficient (Wildman–Crippen LogP) is 2.18. The monoisotopic (exact) mass is 285 g/mol. The summed E-state index contributed by atoms with van der Waals surface area (Å²) in [7, 11) is 0. The van der Waals surface area contributed by atoms with E-state index in [4.69, 9.17) is 0 Å². The molecule has 0 radical (unpaired) electrons. The van der Waals surface area contributed by atoms with Crippen LogP contribution in [0, 0.1) is 10.5 Å². The quantitative estimate of drug-likeness (QED) is 0.752. The molecular weight excluding hydrogens is 277 g/mol. The second kappa shape index (κ2) is 3.45. The van der Waals surface area contributed by atoms with E-state index >= 15 is 0 Å². The lowest BCUT2D eigenvalue weighted by molar-refractivity contribution is 0.817. The molecule has 0 aliphatic carbocycles. The fourth-order valence-electron chi connectivity index (χ4n) is 1.10. The predicted molar refractivity (Wildman–Crippen MR) is 58.8 cm³/mol. The summed E-state index contributed by atoms with van der Waals surface area (Å²) >= 11 is 2.26. The van der Waals surface area contributed by atoms with Crippen LogP contribution in [0.5, 0.6) is 0 Å². The minimum Gasteiger partial charge on any atom is -0.237 e. The molecule has 0 fully saturated rings. The molecule has 0 aliphatic heterocycles. The van der Waals surface area contributed by atoms with Crippen molar-refractivity contribution in [3.63, 3.8) is 0 Å². The molecule has 0 amide bonds. The highest BCUT2D eigenvalue weighted by atomic mass is 127. The van der Waals surface area contributed by atoms with Gasteiger partial charge in [0.1, 0.15) is 0 Å². The number of halogens is 1. The molecule has 3 nitrogen and oxygen atoms in total. The molecule has 0 spiro atoms. The molecule has 0 aromatic carbocycles. The Kier molecular flexibility index (Phi) is 2.30. The fraction of sp³-hybridized carbons (Fsp3) is 0.111. The van der Waals surface area contributed by atoms with Gasteiger partial charge in [0, 0.05) is 6.20 Å². The number of rotatable bonds is 1. The van der Waals surface area contributed by atoms with E-state index in [1.165, 1.54) is 0 Å². The molecule has 0 unspecified atom stereocenters. The van der Waals surface area contributed by atoms with Gasteiger partial charge in [-0.2, -0.15) is 5.10 Å². The van der Waals surface area contributed by atoms with Gasteiger partial charge in [-0.05, 0) is 41.6 Å². The SMILES string of the molecule is Cc1c(I)cnn1-c1ccccn1. The Morgan fingerprint density at radius 3 is 2.77 bits per heavy atom. The first kappa shape index (κ1) is 8.68. The lowest BCUT2D eigenvalue weighted by Crippen LogP contribution is -2.00. The van der Waals surface area contributed by atoms with Crippen molar-refractivity contribution in [3.8, 4) is 5.82 Å². The fourth-order valence-corrected chi connectivity index (χ4v) is 1.45.